The van der Waals surface area contributed by atoms with E-state index in [4.69, 9.17) is 32.7 Å². The highest BCUT2D eigenvalue weighted by Gasteiger charge is 2.14. The molecule has 3 rings (SSSR count). The minimum absolute atomic E-state index is 0.237. The van der Waals surface area contributed by atoms with Gasteiger partial charge < -0.3 is 14.8 Å². The van der Waals surface area contributed by atoms with Crippen LogP contribution in [0.1, 0.15) is 21.5 Å². The summed E-state index contributed by atoms with van der Waals surface area (Å²) in [6.45, 7) is 4.86. The third kappa shape index (κ3) is 5.36. The molecule has 2 aromatic carbocycles. The molecule has 5 nitrogen and oxygen atoms in total. The van der Waals surface area contributed by atoms with Crippen LogP contribution in [-0.4, -0.2) is 44.2 Å². The summed E-state index contributed by atoms with van der Waals surface area (Å²) < 4.78 is 10.5. The van der Waals surface area contributed by atoms with Gasteiger partial charge in [0.2, 0.25) is 0 Å². The highest BCUT2D eigenvalue weighted by atomic mass is 35.5. The Balaban J connectivity index is 1.55. The van der Waals surface area contributed by atoms with E-state index < -0.39 is 0 Å². The molecule has 0 radical (unpaired) electrons. The van der Waals surface area contributed by atoms with Crippen LogP contribution in [0.4, 0.5) is 0 Å². The number of carbonyl (C=O) groups excluding carboxylic acids is 1. The summed E-state index contributed by atoms with van der Waals surface area (Å²) in [6.07, 6.45) is 0. The third-order valence-corrected chi connectivity index (χ3v) is 5.01. The predicted octanol–water partition coefficient (Wildman–Crippen LogP) is 3.76. The lowest BCUT2D eigenvalue weighted by Crippen LogP contribution is -2.35. The molecule has 0 unspecified atom stereocenters. The van der Waals surface area contributed by atoms with Gasteiger partial charge in [0.05, 0.1) is 30.4 Å². The molecule has 1 fully saturated rings. The average Bonchev–Trinajstić information content (AvgIpc) is 2.68. The fourth-order valence-electron chi connectivity index (χ4n) is 2.95. The Labute approximate surface area is 169 Å². The minimum atomic E-state index is -0.237. The van der Waals surface area contributed by atoms with E-state index in [1.165, 1.54) is 12.7 Å². The van der Waals surface area contributed by atoms with Crippen LogP contribution in [0.3, 0.4) is 0 Å². The normalized spacial score (nSPS) is 14.8. The van der Waals surface area contributed by atoms with Crippen molar-refractivity contribution in [2.24, 2.45) is 0 Å². The Bertz CT molecular complexity index is 767. The number of nitrogens with one attached hydrogen (secondary N) is 1. The second kappa shape index (κ2) is 9.42. The van der Waals surface area contributed by atoms with Crippen molar-refractivity contribution in [3.05, 3.63) is 63.1 Å². The van der Waals surface area contributed by atoms with Crippen molar-refractivity contribution in [1.29, 1.82) is 0 Å². The lowest BCUT2D eigenvalue weighted by atomic mass is 10.1. The van der Waals surface area contributed by atoms with Gasteiger partial charge in [-0.1, -0.05) is 47.5 Å². The van der Waals surface area contributed by atoms with Crippen LogP contribution in [0.5, 0.6) is 5.75 Å². The summed E-state index contributed by atoms with van der Waals surface area (Å²) in [5.74, 6) is 0.129. The van der Waals surface area contributed by atoms with E-state index >= 15 is 0 Å². The first-order valence-corrected chi connectivity index (χ1v) is 9.51. The van der Waals surface area contributed by atoms with Gasteiger partial charge in [0.1, 0.15) is 0 Å². The molecular formula is C20H22Cl2N2O3. The number of benzene rings is 2. The summed E-state index contributed by atoms with van der Waals surface area (Å²) in [6, 6.07) is 11.4. The molecule has 0 atom stereocenters. The number of nitrogens with zero attached hydrogens (tertiary/aromatic N) is 1. The molecule has 0 saturated carbocycles. The molecule has 7 heteroatoms. The summed E-state index contributed by atoms with van der Waals surface area (Å²) in [4.78, 5) is 14.7. The first kappa shape index (κ1) is 20.0. The quantitative estimate of drug-likeness (QED) is 0.790. The first-order valence-electron chi connectivity index (χ1n) is 8.76. The maximum atomic E-state index is 12.4. The molecule has 0 aliphatic carbocycles. The van der Waals surface area contributed by atoms with Gasteiger partial charge in [0, 0.05) is 31.7 Å². The zero-order valence-electron chi connectivity index (χ0n) is 15.1. The van der Waals surface area contributed by atoms with Crippen LogP contribution >= 0.6 is 23.2 Å². The smallest absolute Gasteiger partial charge is 0.251 e. The van der Waals surface area contributed by atoms with E-state index in [0.717, 1.165) is 38.4 Å². The molecule has 1 aliphatic heterocycles. The van der Waals surface area contributed by atoms with E-state index in [0.29, 0.717) is 27.9 Å². The molecule has 0 aromatic heterocycles. The number of methoxy groups -OCH3 is 1. The number of amides is 1. The summed E-state index contributed by atoms with van der Waals surface area (Å²) >= 11 is 12.2. The molecule has 0 spiro atoms. The van der Waals surface area contributed by atoms with E-state index in [2.05, 4.69) is 22.3 Å². The zero-order chi connectivity index (χ0) is 19.2. The molecule has 1 N–H and O–H groups in total. The number of hydrogen-bond acceptors (Lipinski definition) is 4. The topological polar surface area (TPSA) is 50.8 Å². The summed E-state index contributed by atoms with van der Waals surface area (Å²) in [5, 5.41) is 3.50. The number of morpholine rings is 1. The largest absolute Gasteiger partial charge is 0.494 e. The number of ether oxygens (including phenoxy) is 2. The van der Waals surface area contributed by atoms with Gasteiger partial charge in [-0.15, -0.1) is 0 Å². The Morgan fingerprint density at radius 3 is 2.30 bits per heavy atom. The van der Waals surface area contributed by atoms with E-state index in [1.54, 1.807) is 12.1 Å². The van der Waals surface area contributed by atoms with Crippen molar-refractivity contribution in [2.45, 2.75) is 13.1 Å². The molecule has 1 aliphatic rings. The van der Waals surface area contributed by atoms with Crippen LogP contribution in [0, 0.1) is 0 Å². The third-order valence-electron chi connectivity index (χ3n) is 4.45. The number of halogens is 2. The van der Waals surface area contributed by atoms with Crippen LogP contribution in [-0.2, 0) is 17.8 Å². The molecule has 144 valence electrons. The number of rotatable bonds is 6. The number of hydrogen-bond donors (Lipinski definition) is 1. The summed E-state index contributed by atoms with van der Waals surface area (Å²) in [5.41, 5.74) is 2.68. The van der Waals surface area contributed by atoms with Gasteiger partial charge >= 0.3 is 0 Å². The molecule has 27 heavy (non-hydrogen) atoms. The van der Waals surface area contributed by atoms with Gasteiger partial charge in [0.15, 0.2) is 5.75 Å². The second-order valence-corrected chi connectivity index (χ2v) is 7.18. The van der Waals surface area contributed by atoms with Crippen LogP contribution in [0.2, 0.25) is 10.0 Å². The average molecular weight is 409 g/mol. The minimum Gasteiger partial charge on any atom is -0.494 e. The first-order chi connectivity index (χ1) is 13.1. The number of carbonyl (C=O) groups is 1. The molecule has 1 heterocycles. The molecule has 0 bridgehead atoms. The van der Waals surface area contributed by atoms with Gasteiger partial charge in [-0.3, -0.25) is 9.69 Å². The van der Waals surface area contributed by atoms with Gasteiger partial charge in [-0.25, -0.2) is 0 Å². The fourth-order valence-corrected chi connectivity index (χ4v) is 3.59. The van der Waals surface area contributed by atoms with E-state index in [1.807, 2.05) is 12.1 Å². The van der Waals surface area contributed by atoms with Crippen LogP contribution < -0.4 is 10.1 Å². The highest BCUT2D eigenvalue weighted by Crippen LogP contribution is 2.33. The zero-order valence-corrected chi connectivity index (χ0v) is 16.6. The van der Waals surface area contributed by atoms with Gasteiger partial charge in [-0.05, 0) is 23.3 Å². The van der Waals surface area contributed by atoms with Crippen molar-refractivity contribution in [2.75, 3.05) is 33.4 Å². The molecule has 1 amide bonds. The van der Waals surface area contributed by atoms with E-state index in [9.17, 15) is 4.79 Å². The predicted molar refractivity (Wildman–Crippen MR) is 107 cm³/mol. The lowest BCUT2D eigenvalue weighted by molar-refractivity contribution is 0.0342. The van der Waals surface area contributed by atoms with Crippen LogP contribution in [0.25, 0.3) is 0 Å². The maximum Gasteiger partial charge on any atom is 0.251 e. The Morgan fingerprint density at radius 2 is 1.70 bits per heavy atom. The van der Waals surface area contributed by atoms with Crippen molar-refractivity contribution in [1.82, 2.24) is 10.2 Å². The van der Waals surface area contributed by atoms with Crippen molar-refractivity contribution >= 4 is 29.1 Å². The molecule has 2 aromatic rings. The fraction of sp³-hybridized carbons (Fsp3) is 0.350. The highest BCUT2D eigenvalue weighted by molar-refractivity contribution is 6.37. The lowest BCUT2D eigenvalue weighted by Gasteiger charge is -2.26. The monoisotopic (exact) mass is 408 g/mol. The molecular weight excluding hydrogens is 387 g/mol. The SMILES string of the molecule is COc1c(Cl)cc(C(=O)NCc2ccc(CN3CCOCC3)cc2)cc1Cl. The Kier molecular flexibility index (Phi) is 6.96. The molecule has 1 saturated heterocycles. The van der Waals surface area contributed by atoms with Gasteiger partial charge in [-0.2, -0.15) is 0 Å². The Morgan fingerprint density at radius 1 is 1.11 bits per heavy atom. The van der Waals surface area contributed by atoms with Crippen LogP contribution in [0.15, 0.2) is 36.4 Å². The van der Waals surface area contributed by atoms with Gasteiger partial charge in [0.25, 0.3) is 5.91 Å². The Hall–Kier alpha value is -1.79. The summed E-state index contributed by atoms with van der Waals surface area (Å²) in [7, 11) is 1.48. The van der Waals surface area contributed by atoms with Crippen molar-refractivity contribution < 1.29 is 14.3 Å². The standard InChI is InChI=1S/C20H22Cl2N2O3/c1-26-19-17(21)10-16(11-18(19)22)20(25)23-12-14-2-4-15(5-3-14)13-24-6-8-27-9-7-24/h2-5,10-11H,6-9,12-13H2,1H3,(H,23,25). The van der Waals surface area contributed by atoms with Crippen molar-refractivity contribution in [3.63, 3.8) is 0 Å². The van der Waals surface area contributed by atoms with E-state index in [-0.39, 0.29) is 5.91 Å². The second-order valence-electron chi connectivity index (χ2n) is 6.36. The maximum absolute atomic E-state index is 12.4. The van der Waals surface area contributed by atoms with Crippen molar-refractivity contribution in [3.8, 4) is 5.75 Å².